The van der Waals surface area contributed by atoms with E-state index in [0.717, 1.165) is 0 Å². The minimum Gasteiger partial charge on any atom is -0.369 e. The average molecular weight is 316 g/mol. The van der Waals surface area contributed by atoms with Crippen LogP contribution in [0.3, 0.4) is 0 Å². The van der Waals surface area contributed by atoms with Crippen molar-refractivity contribution >= 4 is 11.6 Å². The SMILES string of the molecule is CC1(C)CC(N(C#N)C(N)=Nc2cccnc2)CC(C)(C)N1O. The lowest BCUT2D eigenvalue weighted by molar-refractivity contribution is -0.248. The lowest BCUT2D eigenvalue weighted by Crippen LogP contribution is -2.63. The van der Waals surface area contributed by atoms with Gasteiger partial charge in [-0.3, -0.25) is 4.98 Å². The first kappa shape index (κ1) is 17.2. The average Bonchev–Trinajstić information content (AvgIpc) is 2.46. The van der Waals surface area contributed by atoms with Crippen LogP contribution in [0.15, 0.2) is 29.5 Å². The summed E-state index contributed by atoms with van der Waals surface area (Å²) in [6, 6.07) is 3.41. The highest BCUT2D eigenvalue weighted by molar-refractivity contribution is 5.82. The van der Waals surface area contributed by atoms with Gasteiger partial charge in [-0.1, -0.05) is 0 Å². The van der Waals surface area contributed by atoms with Crippen LogP contribution in [-0.4, -0.2) is 43.2 Å². The lowest BCUT2D eigenvalue weighted by atomic mass is 9.78. The highest BCUT2D eigenvalue weighted by Gasteiger charge is 2.47. The summed E-state index contributed by atoms with van der Waals surface area (Å²) in [5.41, 5.74) is 5.73. The molecule has 7 heteroatoms. The zero-order valence-corrected chi connectivity index (χ0v) is 14.1. The van der Waals surface area contributed by atoms with Gasteiger partial charge in [-0.25, -0.2) is 9.89 Å². The summed E-state index contributed by atoms with van der Waals surface area (Å²) < 4.78 is 0. The molecule has 0 spiro atoms. The molecule has 2 heterocycles. The van der Waals surface area contributed by atoms with Crippen molar-refractivity contribution in [1.82, 2.24) is 14.9 Å². The predicted molar refractivity (Wildman–Crippen MR) is 87.8 cm³/mol. The van der Waals surface area contributed by atoms with E-state index < -0.39 is 11.1 Å². The summed E-state index contributed by atoms with van der Waals surface area (Å²) >= 11 is 0. The van der Waals surface area contributed by atoms with E-state index in [2.05, 4.69) is 16.2 Å². The van der Waals surface area contributed by atoms with Gasteiger partial charge in [-0.15, -0.1) is 0 Å². The third kappa shape index (κ3) is 3.60. The summed E-state index contributed by atoms with van der Waals surface area (Å²) in [5.74, 6) is 0.142. The van der Waals surface area contributed by atoms with Crippen LogP contribution in [0.25, 0.3) is 0 Å². The number of pyridine rings is 1. The smallest absolute Gasteiger partial charge is 0.210 e. The van der Waals surface area contributed by atoms with E-state index in [1.54, 1.807) is 24.5 Å². The Morgan fingerprint density at radius 1 is 1.43 bits per heavy atom. The summed E-state index contributed by atoms with van der Waals surface area (Å²) in [5, 5.41) is 21.3. The fraction of sp³-hybridized carbons (Fsp3) is 0.562. The zero-order chi connectivity index (χ0) is 17.3. The molecule has 0 unspecified atom stereocenters. The second-order valence-electron chi connectivity index (χ2n) is 7.15. The van der Waals surface area contributed by atoms with E-state index in [1.165, 1.54) is 9.96 Å². The van der Waals surface area contributed by atoms with Crippen LogP contribution in [0.5, 0.6) is 0 Å². The molecule has 1 fully saturated rings. The molecular weight excluding hydrogens is 292 g/mol. The Kier molecular flexibility index (Phi) is 4.59. The molecule has 7 nitrogen and oxygen atoms in total. The Balaban J connectivity index is 2.28. The molecule has 23 heavy (non-hydrogen) atoms. The maximum absolute atomic E-state index is 10.4. The van der Waals surface area contributed by atoms with Gasteiger partial charge in [0.25, 0.3) is 0 Å². The summed E-state index contributed by atoms with van der Waals surface area (Å²) in [7, 11) is 0. The first-order valence-corrected chi connectivity index (χ1v) is 7.60. The largest absolute Gasteiger partial charge is 0.369 e. The van der Waals surface area contributed by atoms with Crippen LogP contribution >= 0.6 is 0 Å². The minimum atomic E-state index is -0.462. The molecule has 0 aromatic carbocycles. The van der Waals surface area contributed by atoms with E-state index in [-0.39, 0.29) is 12.0 Å². The maximum atomic E-state index is 10.4. The molecule has 1 aromatic rings. The van der Waals surface area contributed by atoms with E-state index in [1.807, 2.05) is 27.7 Å². The number of aliphatic imine (C=N–C) groups is 1. The number of aromatic nitrogens is 1. The molecule has 0 radical (unpaired) electrons. The molecule has 1 saturated heterocycles. The van der Waals surface area contributed by atoms with Gasteiger partial charge in [0, 0.05) is 17.3 Å². The van der Waals surface area contributed by atoms with Gasteiger partial charge >= 0.3 is 0 Å². The van der Waals surface area contributed by atoms with Crippen LogP contribution in [0.1, 0.15) is 40.5 Å². The molecule has 124 valence electrons. The normalized spacial score (nSPS) is 21.7. The Morgan fingerprint density at radius 2 is 2.04 bits per heavy atom. The van der Waals surface area contributed by atoms with Gasteiger partial charge in [0.15, 0.2) is 6.19 Å². The molecule has 3 N–H and O–H groups in total. The number of hydrogen-bond donors (Lipinski definition) is 2. The maximum Gasteiger partial charge on any atom is 0.210 e. The summed E-state index contributed by atoms with van der Waals surface area (Å²) in [4.78, 5) is 9.70. The summed E-state index contributed by atoms with van der Waals surface area (Å²) in [6.07, 6.45) is 6.58. The second-order valence-corrected chi connectivity index (χ2v) is 7.15. The monoisotopic (exact) mass is 316 g/mol. The zero-order valence-electron chi connectivity index (χ0n) is 14.1. The van der Waals surface area contributed by atoms with Gasteiger partial charge in [-0.2, -0.15) is 10.3 Å². The Bertz CT molecular complexity index is 601. The number of hydrogen-bond acceptors (Lipinski definition) is 5. The van der Waals surface area contributed by atoms with Gasteiger partial charge in [0.2, 0.25) is 5.96 Å². The second kappa shape index (κ2) is 6.14. The number of rotatable bonds is 2. The van der Waals surface area contributed by atoms with Crippen molar-refractivity contribution in [1.29, 1.82) is 5.26 Å². The van der Waals surface area contributed by atoms with Crippen molar-refractivity contribution in [2.75, 3.05) is 0 Å². The van der Waals surface area contributed by atoms with E-state index in [9.17, 15) is 10.5 Å². The van der Waals surface area contributed by atoms with Crippen molar-refractivity contribution in [2.45, 2.75) is 57.7 Å². The van der Waals surface area contributed by atoms with Crippen LogP contribution < -0.4 is 5.73 Å². The Labute approximate surface area is 137 Å². The van der Waals surface area contributed by atoms with E-state index in [4.69, 9.17) is 5.73 Å². The number of nitrogens with zero attached hydrogens (tertiary/aromatic N) is 5. The highest BCUT2D eigenvalue weighted by Crippen LogP contribution is 2.38. The topological polar surface area (TPSA) is 102 Å². The Morgan fingerprint density at radius 3 is 2.52 bits per heavy atom. The molecule has 0 bridgehead atoms. The van der Waals surface area contributed by atoms with Gasteiger partial charge in [-0.05, 0) is 52.7 Å². The minimum absolute atomic E-state index is 0.131. The van der Waals surface area contributed by atoms with Crippen molar-refractivity contribution in [3.63, 3.8) is 0 Å². The van der Waals surface area contributed by atoms with Crippen molar-refractivity contribution < 1.29 is 5.21 Å². The number of guanidine groups is 1. The van der Waals surface area contributed by atoms with Gasteiger partial charge in [0.1, 0.15) is 0 Å². The molecule has 0 amide bonds. The predicted octanol–water partition coefficient (Wildman–Crippen LogP) is 2.22. The third-order valence-corrected chi connectivity index (χ3v) is 4.23. The van der Waals surface area contributed by atoms with Crippen LogP contribution in [0, 0.1) is 11.5 Å². The number of hydroxylamine groups is 2. The molecule has 0 atom stereocenters. The van der Waals surface area contributed by atoms with Gasteiger partial charge in [0.05, 0.1) is 17.9 Å². The lowest BCUT2D eigenvalue weighted by Gasteiger charge is -2.52. The molecule has 0 aliphatic carbocycles. The molecule has 1 aliphatic heterocycles. The molecule has 0 saturated carbocycles. The fourth-order valence-electron chi connectivity index (χ4n) is 3.33. The van der Waals surface area contributed by atoms with Crippen LogP contribution in [0.2, 0.25) is 0 Å². The fourth-order valence-corrected chi connectivity index (χ4v) is 3.33. The van der Waals surface area contributed by atoms with Crippen molar-refractivity contribution in [3.05, 3.63) is 24.5 Å². The molecule has 1 aliphatic rings. The number of piperidine rings is 1. The molecular formula is C16H24N6O. The third-order valence-electron chi connectivity index (χ3n) is 4.23. The highest BCUT2D eigenvalue weighted by atomic mass is 16.5. The quantitative estimate of drug-likeness (QED) is 0.375. The Hall–Kier alpha value is -2.17. The first-order chi connectivity index (χ1) is 10.7. The standard InChI is InChI=1S/C16H24N6O/c1-15(2)8-13(9-16(3,4)22(15)23)21(11-17)14(18)20-12-6-5-7-19-10-12/h5-7,10,13,23H,8-9H2,1-4H3,(H2,18,20). The van der Waals surface area contributed by atoms with Crippen molar-refractivity contribution in [2.24, 2.45) is 10.7 Å². The van der Waals surface area contributed by atoms with E-state index in [0.29, 0.717) is 18.5 Å². The molecule has 1 aromatic heterocycles. The van der Waals surface area contributed by atoms with Crippen LogP contribution in [-0.2, 0) is 0 Å². The number of nitrogens with two attached hydrogens (primary N) is 1. The number of nitriles is 1. The molecule has 2 rings (SSSR count). The van der Waals surface area contributed by atoms with Gasteiger partial charge < -0.3 is 10.9 Å². The summed E-state index contributed by atoms with van der Waals surface area (Å²) in [6.45, 7) is 7.80. The van der Waals surface area contributed by atoms with Crippen LogP contribution in [0.4, 0.5) is 5.69 Å². The van der Waals surface area contributed by atoms with E-state index >= 15 is 0 Å². The first-order valence-electron chi connectivity index (χ1n) is 7.60. The van der Waals surface area contributed by atoms with Crippen molar-refractivity contribution in [3.8, 4) is 6.19 Å².